The van der Waals surface area contributed by atoms with Crippen molar-refractivity contribution >= 4 is 39.5 Å². The molecule has 9 nitrogen and oxygen atoms in total. The topological polar surface area (TPSA) is 140 Å². The Labute approximate surface area is 237 Å². The van der Waals surface area contributed by atoms with Gasteiger partial charge in [-0.3, -0.25) is 9.59 Å². The number of para-hydroxylation sites is 1. The van der Waals surface area contributed by atoms with Crippen molar-refractivity contribution in [2.24, 2.45) is 5.92 Å². The lowest BCUT2D eigenvalue weighted by Crippen LogP contribution is -2.48. The van der Waals surface area contributed by atoms with E-state index in [0.29, 0.717) is 29.9 Å². The van der Waals surface area contributed by atoms with Crippen molar-refractivity contribution in [1.82, 2.24) is 25.6 Å². The van der Waals surface area contributed by atoms with Crippen LogP contribution in [0.5, 0.6) is 0 Å². The number of aromatic amines is 2. The Hall–Kier alpha value is -4.92. The second-order valence-electron chi connectivity index (χ2n) is 10.7. The zero-order chi connectivity index (χ0) is 29.1. The molecule has 0 aliphatic heterocycles. The summed E-state index contributed by atoms with van der Waals surface area (Å²) in [4.78, 5) is 49.6. The van der Waals surface area contributed by atoms with Gasteiger partial charge in [0.05, 0.1) is 6.04 Å². The van der Waals surface area contributed by atoms with E-state index >= 15 is 0 Å². The van der Waals surface area contributed by atoms with Crippen LogP contribution in [-0.4, -0.2) is 43.9 Å². The molecule has 0 aliphatic rings. The van der Waals surface area contributed by atoms with E-state index in [-0.39, 0.29) is 23.4 Å². The van der Waals surface area contributed by atoms with E-state index in [1.54, 1.807) is 13.0 Å². The average molecular weight is 552 g/mol. The molecule has 5 N–H and O–H groups in total. The van der Waals surface area contributed by atoms with Crippen LogP contribution in [0.1, 0.15) is 64.2 Å². The number of amides is 2. The van der Waals surface area contributed by atoms with Crippen LogP contribution < -0.4 is 10.6 Å². The molecule has 0 bridgehead atoms. The number of rotatable bonds is 10. The number of nitrogens with zero attached hydrogens (tertiary/aromatic N) is 1. The van der Waals surface area contributed by atoms with Gasteiger partial charge in [0.15, 0.2) is 5.69 Å². The monoisotopic (exact) mass is 551 g/mol. The van der Waals surface area contributed by atoms with Crippen molar-refractivity contribution in [3.05, 3.63) is 101 Å². The molecule has 5 aromatic rings. The molecule has 210 valence electrons. The molecule has 0 aliphatic carbocycles. The van der Waals surface area contributed by atoms with Gasteiger partial charge < -0.3 is 25.7 Å². The number of imidazole rings is 1. The van der Waals surface area contributed by atoms with Crippen LogP contribution in [0.2, 0.25) is 0 Å². The molecule has 0 saturated carbocycles. The molecule has 0 radical (unpaired) electrons. The second kappa shape index (κ2) is 11.7. The zero-order valence-electron chi connectivity index (χ0n) is 23.2. The first-order valence-electron chi connectivity index (χ1n) is 13.6. The molecule has 3 aromatic carbocycles. The average Bonchev–Trinajstić information content (AvgIpc) is 3.55. The van der Waals surface area contributed by atoms with Crippen LogP contribution in [0.3, 0.4) is 0 Å². The van der Waals surface area contributed by atoms with Gasteiger partial charge in [0.2, 0.25) is 5.91 Å². The molecule has 2 aromatic heterocycles. The third-order valence-corrected chi connectivity index (χ3v) is 7.21. The van der Waals surface area contributed by atoms with E-state index in [1.165, 1.54) is 0 Å². The number of hydrogen-bond acceptors (Lipinski definition) is 4. The molecule has 0 fully saturated rings. The van der Waals surface area contributed by atoms with Crippen molar-refractivity contribution in [2.45, 2.75) is 45.7 Å². The molecule has 0 spiro atoms. The number of H-pyrrole nitrogens is 2. The maximum absolute atomic E-state index is 13.8. The number of fused-ring (bicyclic) bond motifs is 2. The van der Waals surface area contributed by atoms with E-state index in [2.05, 4.69) is 25.6 Å². The Morgan fingerprint density at radius 3 is 2.37 bits per heavy atom. The largest absolute Gasteiger partial charge is 0.476 e. The van der Waals surface area contributed by atoms with Crippen molar-refractivity contribution in [3.63, 3.8) is 0 Å². The fourth-order valence-electron chi connectivity index (χ4n) is 5.23. The highest BCUT2D eigenvalue weighted by molar-refractivity contribution is 6.08. The lowest BCUT2D eigenvalue weighted by molar-refractivity contribution is -0.124. The van der Waals surface area contributed by atoms with Crippen molar-refractivity contribution in [2.75, 3.05) is 0 Å². The predicted molar refractivity (Wildman–Crippen MR) is 158 cm³/mol. The number of aryl methyl sites for hydroxylation is 1. The Bertz CT molecular complexity index is 1730. The van der Waals surface area contributed by atoms with Gasteiger partial charge in [-0.15, -0.1) is 0 Å². The maximum Gasteiger partial charge on any atom is 0.356 e. The van der Waals surface area contributed by atoms with Gasteiger partial charge in [0, 0.05) is 34.8 Å². The number of carbonyl (C=O) groups is 3. The van der Waals surface area contributed by atoms with Gasteiger partial charge in [-0.1, -0.05) is 68.4 Å². The third-order valence-electron chi connectivity index (χ3n) is 7.21. The summed E-state index contributed by atoms with van der Waals surface area (Å²) in [6.07, 6.45) is 2.65. The van der Waals surface area contributed by atoms with Crippen LogP contribution in [0, 0.1) is 12.8 Å². The molecule has 41 heavy (non-hydrogen) atoms. The molecule has 5 rings (SSSR count). The van der Waals surface area contributed by atoms with Gasteiger partial charge in [0.25, 0.3) is 5.91 Å². The zero-order valence-corrected chi connectivity index (χ0v) is 23.2. The number of carboxylic acid groups (broad SMARTS) is 1. The molecule has 9 heteroatoms. The van der Waals surface area contributed by atoms with E-state index in [0.717, 1.165) is 27.2 Å². The second-order valence-corrected chi connectivity index (χ2v) is 10.7. The normalized spacial score (nSPS) is 12.9. The molecule has 2 heterocycles. The summed E-state index contributed by atoms with van der Waals surface area (Å²) in [6.45, 7) is 5.61. The predicted octanol–water partition coefficient (Wildman–Crippen LogP) is 5.30. The summed E-state index contributed by atoms with van der Waals surface area (Å²) in [5.74, 6) is -1.40. The maximum atomic E-state index is 13.8. The summed E-state index contributed by atoms with van der Waals surface area (Å²) < 4.78 is 0. The number of carbonyl (C=O) groups excluding carboxylic acids is 2. The molecule has 0 saturated heterocycles. The number of nitrogens with one attached hydrogen (secondary N) is 4. The third kappa shape index (κ3) is 5.99. The number of aromatic carboxylic acids is 1. The van der Waals surface area contributed by atoms with Crippen LogP contribution in [0.15, 0.2) is 72.9 Å². The number of aromatic nitrogens is 3. The van der Waals surface area contributed by atoms with E-state index in [1.807, 2.05) is 80.7 Å². The summed E-state index contributed by atoms with van der Waals surface area (Å²) >= 11 is 0. The minimum Gasteiger partial charge on any atom is -0.476 e. The van der Waals surface area contributed by atoms with Crippen LogP contribution in [0.25, 0.3) is 21.7 Å². The quantitative estimate of drug-likeness (QED) is 0.160. The summed E-state index contributed by atoms with van der Waals surface area (Å²) in [6, 6.07) is 19.5. The standard InChI is InChI=1S/C32H33N5O4/c1-18(2)15-27(36-30(38)24-13-8-10-20-9-4-5-11-22(20)24)31(39)35-26(29-34-19(3)28(37-29)32(40)41)16-21-17-33-25-14-7-6-12-23(21)25/h4-14,17-18,26-27,33H,15-16H2,1-3H3,(H,34,37)(H,35,39)(H,36,38)(H,40,41)/t26-,27+/m1/s1. The minimum atomic E-state index is -1.15. The fourth-order valence-corrected chi connectivity index (χ4v) is 5.23. The Morgan fingerprint density at radius 1 is 0.927 bits per heavy atom. The SMILES string of the molecule is Cc1[nH]c([C@@H](Cc2c[nH]c3ccccc23)NC(=O)[C@H](CC(C)C)NC(=O)c2cccc3ccccc23)nc1C(=O)O. The number of benzene rings is 3. The summed E-state index contributed by atoms with van der Waals surface area (Å²) in [7, 11) is 0. The van der Waals surface area contributed by atoms with Gasteiger partial charge in [-0.25, -0.2) is 9.78 Å². The first-order valence-corrected chi connectivity index (χ1v) is 13.6. The van der Waals surface area contributed by atoms with E-state index in [4.69, 9.17) is 0 Å². The molecule has 2 amide bonds. The molecular formula is C32H33N5O4. The first kappa shape index (κ1) is 27.6. The number of carboxylic acids is 1. The van der Waals surface area contributed by atoms with E-state index < -0.39 is 18.1 Å². The molecule has 2 atom stereocenters. The van der Waals surface area contributed by atoms with Gasteiger partial charge >= 0.3 is 5.97 Å². The van der Waals surface area contributed by atoms with Crippen LogP contribution >= 0.6 is 0 Å². The summed E-state index contributed by atoms with van der Waals surface area (Å²) in [5, 5.41) is 18.3. The lowest BCUT2D eigenvalue weighted by atomic mass is 9.99. The number of hydrogen-bond donors (Lipinski definition) is 5. The van der Waals surface area contributed by atoms with Crippen LogP contribution in [0.4, 0.5) is 0 Å². The molecule has 0 unspecified atom stereocenters. The van der Waals surface area contributed by atoms with Gasteiger partial charge in [0.1, 0.15) is 11.9 Å². The fraction of sp³-hybridized carbons (Fsp3) is 0.250. The van der Waals surface area contributed by atoms with Crippen molar-refractivity contribution < 1.29 is 19.5 Å². The highest BCUT2D eigenvalue weighted by Gasteiger charge is 2.29. The minimum absolute atomic E-state index is 0.0961. The van der Waals surface area contributed by atoms with E-state index in [9.17, 15) is 19.5 Å². The Kier molecular flexibility index (Phi) is 7.87. The van der Waals surface area contributed by atoms with Crippen molar-refractivity contribution in [1.29, 1.82) is 0 Å². The first-order chi connectivity index (χ1) is 19.7. The highest BCUT2D eigenvalue weighted by atomic mass is 16.4. The van der Waals surface area contributed by atoms with Crippen LogP contribution in [-0.2, 0) is 11.2 Å². The van der Waals surface area contributed by atoms with Crippen molar-refractivity contribution in [3.8, 4) is 0 Å². The highest BCUT2D eigenvalue weighted by Crippen LogP contribution is 2.25. The smallest absolute Gasteiger partial charge is 0.356 e. The Balaban J connectivity index is 1.44. The van der Waals surface area contributed by atoms with Gasteiger partial charge in [-0.2, -0.15) is 0 Å². The lowest BCUT2D eigenvalue weighted by Gasteiger charge is -2.24. The van der Waals surface area contributed by atoms with Gasteiger partial charge in [-0.05, 0) is 47.7 Å². The Morgan fingerprint density at radius 2 is 1.63 bits per heavy atom. The molecular weight excluding hydrogens is 518 g/mol. The summed E-state index contributed by atoms with van der Waals surface area (Å²) in [5.41, 5.74) is 2.69.